The Kier molecular flexibility index (Phi) is 5.57. The van der Waals surface area contributed by atoms with E-state index in [-0.39, 0.29) is 11.9 Å². The number of hydrogen-bond acceptors (Lipinski definition) is 4. The lowest BCUT2D eigenvalue weighted by atomic mass is 10.1. The Bertz CT molecular complexity index is 685. The van der Waals surface area contributed by atoms with E-state index in [0.717, 1.165) is 22.7 Å². The number of nitrogens with zero attached hydrogens (tertiary/aromatic N) is 2. The van der Waals surface area contributed by atoms with Crippen LogP contribution in [0, 0.1) is 0 Å². The number of rotatable bonds is 6. The number of carbonyl (C=O) groups is 1. The van der Waals surface area contributed by atoms with Gasteiger partial charge in [0.05, 0.1) is 31.3 Å². The monoisotopic (exact) mass is 314 g/mol. The normalized spacial score (nSPS) is 11.2. The minimum atomic E-state index is -0.348. The van der Waals surface area contributed by atoms with Crippen molar-refractivity contribution in [3.05, 3.63) is 47.8 Å². The van der Waals surface area contributed by atoms with Crippen LogP contribution in [0.25, 0.3) is 11.8 Å². The lowest BCUT2D eigenvalue weighted by molar-refractivity contribution is -0.137. The lowest BCUT2D eigenvalue weighted by Gasteiger charge is -2.12. The molecule has 0 unspecified atom stereocenters. The minimum Gasteiger partial charge on any atom is -0.497 e. The topological polar surface area (TPSA) is 53.3 Å². The molecule has 0 radical (unpaired) electrons. The Labute approximate surface area is 136 Å². The highest BCUT2D eigenvalue weighted by Gasteiger charge is 2.14. The van der Waals surface area contributed by atoms with Gasteiger partial charge in [-0.25, -0.2) is 9.48 Å². The summed E-state index contributed by atoms with van der Waals surface area (Å²) >= 11 is 0. The molecule has 5 heteroatoms. The third-order valence-corrected chi connectivity index (χ3v) is 3.39. The van der Waals surface area contributed by atoms with E-state index in [1.165, 1.54) is 6.08 Å². The number of methoxy groups -OCH3 is 1. The molecule has 1 aromatic heterocycles. The maximum Gasteiger partial charge on any atom is 0.330 e. The maximum absolute atomic E-state index is 11.5. The summed E-state index contributed by atoms with van der Waals surface area (Å²) in [5.74, 6) is 0.704. The van der Waals surface area contributed by atoms with Gasteiger partial charge in [0.1, 0.15) is 5.75 Å². The summed E-state index contributed by atoms with van der Waals surface area (Å²) in [6.45, 7) is 6.34. The van der Waals surface area contributed by atoms with Crippen LogP contribution < -0.4 is 4.74 Å². The van der Waals surface area contributed by atoms with Gasteiger partial charge in [-0.05, 0) is 43.2 Å². The Morgan fingerprint density at radius 3 is 2.57 bits per heavy atom. The standard InChI is InChI=1S/C18H22N2O3/c1-5-23-17(21)11-6-14-12-19-20(18(14)13(2)3)15-7-9-16(22-4)10-8-15/h6-13H,5H2,1-4H3/b11-6+. The fourth-order valence-electron chi connectivity index (χ4n) is 2.35. The van der Waals surface area contributed by atoms with Crippen LogP contribution in [0.1, 0.15) is 37.9 Å². The van der Waals surface area contributed by atoms with Crippen molar-refractivity contribution in [2.75, 3.05) is 13.7 Å². The SMILES string of the molecule is CCOC(=O)/C=C/c1cnn(-c2ccc(OC)cc2)c1C(C)C. The van der Waals surface area contributed by atoms with Gasteiger partial charge in [-0.2, -0.15) is 5.10 Å². The van der Waals surface area contributed by atoms with Crippen molar-refractivity contribution in [1.29, 1.82) is 0 Å². The van der Waals surface area contributed by atoms with E-state index in [1.807, 2.05) is 28.9 Å². The summed E-state index contributed by atoms with van der Waals surface area (Å²) in [4.78, 5) is 11.5. The average Bonchev–Trinajstić information content (AvgIpc) is 2.97. The third kappa shape index (κ3) is 4.00. The average molecular weight is 314 g/mol. The van der Waals surface area contributed by atoms with E-state index in [1.54, 1.807) is 26.3 Å². The molecule has 2 aromatic rings. The maximum atomic E-state index is 11.5. The fourth-order valence-corrected chi connectivity index (χ4v) is 2.35. The van der Waals surface area contributed by atoms with Gasteiger partial charge in [0.15, 0.2) is 0 Å². The number of benzene rings is 1. The smallest absolute Gasteiger partial charge is 0.330 e. The first-order chi connectivity index (χ1) is 11.1. The molecule has 0 spiro atoms. The van der Waals surface area contributed by atoms with Crippen LogP contribution >= 0.6 is 0 Å². The third-order valence-electron chi connectivity index (χ3n) is 3.39. The van der Waals surface area contributed by atoms with Crippen molar-refractivity contribution >= 4 is 12.0 Å². The molecule has 0 saturated carbocycles. The minimum absolute atomic E-state index is 0.251. The molecule has 0 saturated heterocycles. The Balaban J connectivity index is 2.36. The van der Waals surface area contributed by atoms with E-state index >= 15 is 0 Å². The quantitative estimate of drug-likeness (QED) is 0.604. The fraction of sp³-hybridized carbons (Fsp3) is 0.333. The zero-order valence-corrected chi connectivity index (χ0v) is 13.9. The molecule has 0 aliphatic heterocycles. The van der Waals surface area contributed by atoms with Gasteiger partial charge in [-0.1, -0.05) is 13.8 Å². The van der Waals surface area contributed by atoms with E-state index in [9.17, 15) is 4.79 Å². The molecule has 0 amide bonds. The second-order valence-corrected chi connectivity index (χ2v) is 5.34. The highest BCUT2D eigenvalue weighted by Crippen LogP contribution is 2.25. The van der Waals surface area contributed by atoms with E-state index < -0.39 is 0 Å². The number of ether oxygens (including phenoxy) is 2. The highest BCUT2D eigenvalue weighted by molar-refractivity contribution is 5.87. The molecule has 122 valence electrons. The van der Waals surface area contributed by atoms with E-state index in [2.05, 4.69) is 18.9 Å². The largest absolute Gasteiger partial charge is 0.497 e. The summed E-state index contributed by atoms with van der Waals surface area (Å²) in [6, 6.07) is 7.71. The van der Waals surface area contributed by atoms with Crippen molar-refractivity contribution in [1.82, 2.24) is 9.78 Å². The lowest BCUT2D eigenvalue weighted by Crippen LogP contribution is -2.05. The number of hydrogen-bond donors (Lipinski definition) is 0. The van der Waals surface area contributed by atoms with E-state index in [0.29, 0.717) is 6.61 Å². The molecule has 0 atom stereocenters. The molecule has 1 aromatic carbocycles. The Hall–Kier alpha value is -2.56. The molecule has 1 heterocycles. The van der Waals surface area contributed by atoms with Crippen LogP contribution in [-0.2, 0) is 9.53 Å². The number of carbonyl (C=O) groups excluding carboxylic acids is 1. The van der Waals surface area contributed by atoms with Gasteiger partial charge in [0.25, 0.3) is 0 Å². The van der Waals surface area contributed by atoms with Crippen LogP contribution in [-0.4, -0.2) is 29.5 Å². The molecule has 0 fully saturated rings. The van der Waals surface area contributed by atoms with Gasteiger partial charge in [0, 0.05) is 11.6 Å². The first-order valence-corrected chi connectivity index (χ1v) is 7.64. The first-order valence-electron chi connectivity index (χ1n) is 7.64. The van der Waals surface area contributed by atoms with Gasteiger partial charge in [0.2, 0.25) is 0 Å². The van der Waals surface area contributed by atoms with Gasteiger partial charge < -0.3 is 9.47 Å². The number of aromatic nitrogens is 2. The van der Waals surface area contributed by atoms with Crippen LogP contribution in [0.15, 0.2) is 36.5 Å². The molecule has 0 bridgehead atoms. The van der Waals surface area contributed by atoms with Crippen molar-refractivity contribution in [3.8, 4) is 11.4 Å². The van der Waals surface area contributed by atoms with E-state index in [4.69, 9.17) is 9.47 Å². The Morgan fingerprint density at radius 1 is 1.30 bits per heavy atom. The number of esters is 1. The highest BCUT2D eigenvalue weighted by atomic mass is 16.5. The first kappa shape index (κ1) is 16.8. The van der Waals surface area contributed by atoms with Crippen LogP contribution in [0.5, 0.6) is 5.75 Å². The molecule has 5 nitrogen and oxygen atoms in total. The zero-order chi connectivity index (χ0) is 16.8. The summed E-state index contributed by atoms with van der Waals surface area (Å²) in [5.41, 5.74) is 2.89. The zero-order valence-electron chi connectivity index (χ0n) is 13.9. The van der Waals surface area contributed by atoms with Gasteiger partial charge in [-0.3, -0.25) is 0 Å². The predicted octanol–water partition coefficient (Wildman–Crippen LogP) is 3.58. The summed E-state index contributed by atoms with van der Waals surface area (Å²) in [7, 11) is 1.64. The summed E-state index contributed by atoms with van der Waals surface area (Å²) in [5, 5.41) is 4.46. The predicted molar refractivity (Wildman–Crippen MR) is 89.9 cm³/mol. The van der Waals surface area contributed by atoms with Gasteiger partial charge in [-0.15, -0.1) is 0 Å². The second kappa shape index (κ2) is 7.63. The van der Waals surface area contributed by atoms with Crippen molar-refractivity contribution in [3.63, 3.8) is 0 Å². The van der Waals surface area contributed by atoms with Crippen molar-refractivity contribution in [2.45, 2.75) is 26.7 Å². The van der Waals surface area contributed by atoms with Crippen LogP contribution in [0.3, 0.4) is 0 Å². The molecule has 0 aliphatic carbocycles. The van der Waals surface area contributed by atoms with Crippen LogP contribution in [0.2, 0.25) is 0 Å². The van der Waals surface area contributed by atoms with Crippen molar-refractivity contribution in [2.24, 2.45) is 0 Å². The van der Waals surface area contributed by atoms with Crippen molar-refractivity contribution < 1.29 is 14.3 Å². The molecular formula is C18H22N2O3. The molecule has 23 heavy (non-hydrogen) atoms. The summed E-state index contributed by atoms with van der Waals surface area (Å²) < 4.78 is 12.0. The van der Waals surface area contributed by atoms with Gasteiger partial charge >= 0.3 is 5.97 Å². The van der Waals surface area contributed by atoms with Crippen LogP contribution in [0.4, 0.5) is 0 Å². The molecular weight excluding hydrogens is 292 g/mol. The Morgan fingerprint density at radius 2 is 2.00 bits per heavy atom. The summed E-state index contributed by atoms with van der Waals surface area (Å²) in [6.07, 6.45) is 4.94. The molecule has 2 rings (SSSR count). The molecule has 0 aliphatic rings. The second-order valence-electron chi connectivity index (χ2n) is 5.34. The molecule has 0 N–H and O–H groups in total.